The molecule has 0 spiro atoms. The summed E-state index contributed by atoms with van der Waals surface area (Å²) in [5.41, 5.74) is 3.89. The molecule has 68 valence electrons. The van der Waals surface area contributed by atoms with Crippen LogP contribution in [0, 0.1) is 6.92 Å². The van der Waals surface area contributed by atoms with Crippen molar-refractivity contribution in [3.05, 3.63) is 29.3 Å². The molecule has 0 radical (unpaired) electrons. The summed E-state index contributed by atoms with van der Waals surface area (Å²) in [5.74, 6) is 0. The molecule has 1 heterocycles. The van der Waals surface area contributed by atoms with Gasteiger partial charge < -0.3 is 10.1 Å². The van der Waals surface area contributed by atoms with Gasteiger partial charge in [-0.25, -0.2) is 0 Å². The minimum atomic E-state index is 0.314. The lowest BCUT2D eigenvalue weighted by molar-refractivity contribution is -0.108. The van der Waals surface area contributed by atoms with Crippen molar-refractivity contribution in [1.82, 2.24) is 0 Å². The van der Waals surface area contributed by atoms with Crippen molar-refractivity contribution >= 4 is 12.0 Å². The molecule has 2 heteroatoms. The number of carbonyl (C=O) groups excluding carboxylic acids is 1. The number of carbonyl (C=O) groups is 1. The monoisotopic (exact) mass is 175 g/mol. The van der Waals surface area contributed by atoms with Gasteiger partial charge in [-0.3, -0.25) is 0 Å². The SMILES string of the molecule is Cc1cccc2c1CC(CC=O)N2. The first-order chi connectivity index (χ1) is 6.31. The third kappa shape index (κ3) is 1.44. The molecule has 1 N–H and O–H groups in total. The lowest BCUT2D eigenvalue weighted by Gasteiger charge is -2.04. The normalized spacial score (nSPS) is 19.3. The van der Waals surface area contributed by atoms with Crippen LogP contribution >= 0.6 is 0 Å². The molecule has 0 saturated heterocycles. The van der Waals surface area contributed by atoms with Crippen molar-refractivity contribution in [3.63, 3.8) is 0 Å². The van der Waals surface area contributed by atoms with E-state index in [0.29, 0.717) is 12.5 Å². The van der Waals surface area contributed by atoms with E-state index in [4.69, 9.17) is 0 Å². The molecule has 13 heavy (non-hydrogen) atoms. The van der Waals surface area contributed by atoms with Gasteiger partial charge in [0.15, 0.2) is 0 Å². The van der Waals surface area contributed by atoms with Crippen LogP contribution in [-0.2, 0) is 11.2 Å². The van der Waals surface area contributed by atoms with Gasteiger partial charge in [-0.1, -0.05) is 12.1 Å². The smallest absolute Gasteiger partial charge is 0.122 e. The molecule has 0 saturated carbocycles. The maximum absolute atomic E-state index is 10.4. The average Bonchev–Trinajstić information content (AvgIpc) is 2.49. The van der Waals surface area contributed by atoms with Crippen LogP contribution in [0.2, 0.25) is 0 Å². The number of aldehydes is 1. The zero-order valence-electron chi connectivity index (χ0n) is 7.71. The standard InChI is InChI=1S/C11H13NO/c1-8-3-2-4-11-10(8)7-9(12-11)5-6-13/h2-4,6,9,12H,5,7H2,1H3. The van der Waals surface area contributed by atoms with Crippen LogP contribution in [0.1, 0.15) is 17.5 Å². The third-order valence-corrected chi connectivity index (χ3v) is 2.60. The molecule has 1 aliphatic rings. The van der Waals surface area contributed by atoms with Crippen LogP contribution in [0.3, 0.4) is 0 Å². The molecule has 1 aromatic carbocycles. The Morgan fingerprint density at radius 3 is 3.15 bits per heavy atom. The summed E-state index contributed by atoms with van der Waals surface area (Å²) >= 11 is 0. The molecule has 0 aromatic heterocycles. The lowest BCUT2D eigenvalue weighted by atomic mass is 10.0. The highest BCUT2D eigenvalue weighted by molar-refractivity contribution is 5.62. The highest BCUT2D eigenvalue weighted by Crippen LogP contribution is 2.28. The van der Waals surface area contributed by atoms with Gasteiger partial charge in [-0.2, -0.15) is 0 Å². The van der Waals surface area contributed by atoms with Crippen LogP contribution in [0.5, 0.6) is 0 Å². The summed E-state index contributed by atoms with van der Waals surface area (Å²) in [6.07, 6.45) is 2.58. The number of benzene rings is 1. The van der Waals surface area contributed by atoms with Crippen LogP contribution in [0.25, 0.3) is 0 Å². The minimum absolute atomic E-state index is 0.314. The summed E-state index contributed by atoms with van der Waals surface area (Å²) in [6, 6.07) is 6.55. The van der Waals surface area contributed by atoms with Gasteiger partial charge in [0, 0.05) is 18.2 Å². The summed E-state index contributed by atoms with van der Waals surface area (Å²) in [4.78, 5) is 10.4. The maximum Gasteiger partial charge on any atom is 0.122 e. The lowest BCUT2D eigenvalue weighted by Crippen LogP contribution is -2.15. The van der Waals surface area contributed by atoms with Gasteiger partial charge in [0.25, 0.3) is 0 Å². The van der Waals surface area contributed by atoms with Crippen LogP contribution in [-0.4, -0.2) is 12.3 Å². The van der Waals surface area contributed by atoms with E-state index in [1.54, 1.807) is 0 Å². The largest absolute Gasteiger partial charge is 0.381 e. The highest BCUT2D eigenvalue weighted by Gasteiger charge is 2.20. The second-order valence-corrected chi connectivity index (χ2v) is 3.55. The van der Waals surface area contributed by atoms with E-state index >= 15 is 0 Å². The molecule has 1 aromatic rings. The van der Waals surface area contributed by atoms with Crippen LogP contribution in [0.15, 0.2) is 18.2 Å². The molecule has 0 bridgehead atoms. The first kappa shape index (κ1) is 8.30. The fraction of sp³-hybridized carbons (Fsp3) is 0.364. The van der Waals surface area contributed by atoms with E-state index < -0.39 is 0 Å². The Hall–Kier alpha value is -1.31. The molecule has 0 fully saturated rings. The molecular formula is C11H13NO. The van der Waals surface area contributed by atoms with Crippen molar-refractivity contribution in [2.45, 2.75) is 25.8 Å². The summed E-state index contributed by atoms with van der Waals surface area (Å²) in [7, 11) is 0. The number of rotatable bonds is 2. The predicted molar refractivity (Wildman–Crippen MR) is 53.0 cm³/mol. The quantitative estimate of drug-likeness (QED) is 0.696. The van der Waals surface area contributed by atoms with Crippen molar-refractivity contribution < 1.29 is 4.79 Å². The zero-order valence-corrected chi connectivity index (χ0v) is 7.71. The Labute approximate surface area is 78.0 Å². The molecule has 2 rings (SSSR count). The molecule has 0 amide bonds. The van der Waals surface area contributed by atoms with Crippen LogP contribution < -0.4 is 5.32 Å². The Morgan fingerprint density at radius 2 is 2.46 bits per heavy atom. The van der Waals surface area contributed by atoms with Gasteiger partial charge in [0.2, 0.25) is 0 Å². The Bertz CT molecular complexity index is 333. The molecule has 1 aliphatic heterocycles. The molecular weight excluding hydrogens is 162 g/mol. The molecule has 1 atom stereocenters. The second-order valence-electron chi connectivity index (χ2n) is 3.55. The Kier molecular flexibility index (Phi) is 2.05. The Balaban J connectivity index is 2.24. The Morgan fingerprint density at radius 1 is 1.62 bits per heavy atom. The van der Waals surface area contributed by atoms with Gasteiger partial charge in [-0.15, -0.1) is 0 Å². The second kappa shape index (κ2) is 3.21. The van der Waals surface area contributed by atoms with Crippen molar-refractivity contribution in [3.8, 4) is 0 Å². The van der Waals surface area contributed by atoms with E-state index in [1.165, 1.54) is 16.8 Å². The fourth-order valence-corrected chi connectivity index (χ4v) is 1.88. The van der Waals surface area contributed by atoms with Crippen molar-refractivity contribution in [1.29, 1.82) is 0 Å². The van der Waals surface area contributed by atoms with Gasteiger partial charge in [0.05, 0.1) is 0 Å². The van der Waals surface area contributed by atoms with E-state index in [-0.39, 0.29) is 0 Å². The van der Waals surface area contributed by atoms with E-state index in [0.717, 1.165) is 12.7 Å². The summed E-state index contributed by atoms with van der Waals surface area (Å²) < 4.78 is 0. The number of anilines is 1. The minimum Gasteiger partial charge on any atom is -0.381 e. The van der Waals surface area contributed by atoms with Gasteiger partial charge in [0.1, 0.15) is 6.29 Å². The highest BCUT2D eigenvalue weighted by atomic mass is 16.1. The number of nitrogens with one attached hydrogen (secondary N) is 1. The zero-order chi connectivity index (χ0) is 9.26. The van der Waals surface area contributed by atoms with Gasteiger partial charge >= 0.3 is 0 Å². The third-order valence-electron chi connectivity index (χ3n) is 2.60. The van der Waals surface area contributed by atoms with E-state index in [1.807, 2.05) is 6.07 Å². The summed E-state index contributed by atoms with van der Waals surface area (Å²) in [5, 5.41) is 3.34. The molecule has 2 nitrogen and oxygen atoms in total. The molecule has 0 aliphatic carbocycles. The first-order valence-corrected chi connectivity index (χ1v) is 4.60. The maximum atomic E-state index is 10.4. The van der Waals surface area contributed by atoms with Crippen LogP contribution in [0.4, 0.5) is 5.69 Å². The number of fused-ring (bicyclic) bond motifs is 1. The average molecular weight is 175 g/mol. The van der Waals surface area contributed by atoms with Gasteiger partial charge in [-0.05, 0) is 30.5 Å². The first-order valence-electron chi connectivity index (χ1n) is 4.60. The van der Waals surface area contributed by atoms with E-state index in [2.05, 4.69) is 24.4 Å². The number of hydrogen-bond donors (Lipinski definition) is 1. The van der Waals surface area contributed by atoms with E-state index in [9.17, 15) is 4.79 Å². The fourth-order valence-electron chi connectivity index (χ4n) is 1.88. The van der Waals surface area contributed by atoms with Crippen molar-refractivity contribution in [2.75, 3.05) is 5.32 Å². The number of aryl methyl sites for hydroxylation is 1. The molecule has 1 unspecified atom stereocenters. The summed E-state index contributed by atoms with van der Waals surface area (Å²) in [6.45, 7) is 2.11. The predicted octanol–water partition coefficient (Wildman–Crippen LogP) is 1.92. The topological polar surface area (TPSA) is 29.1 Å². The van der Waals surface area contributed by atoms with Crippen molar-refractivity contribution in [2.24, 2.45) is 0 Å². The number of hydrogen-bond acceptors (Lipinski definition) is 2.